The third kappa shape index (κ3) is 5.84. The second-order valence-electron chi connectivity index (χ2n) is 9.58. The van der Waals surface area contributed by atoms with Crippen molar-refractivity contribution in [3.63, 3.8) is 0 Å². The molecule has 1 amide bonds. The Morgan fingerprint density at radius 2 is 1.82 bits per heavy atom. The highest BCUT2D eigenvalue weighted by Gasteiger charge is 2.26. The molecule has 0 spiro atoms. The summed E-state index contributed by atoms with van der Waals surface area (Å²) in [6.07, 6.45) is 3.67. The van der Waals surface area contributed by atoms with Crippen molar-refractivity contribution in [3.05, 3.63) is 60.0 Å². The summed E-state index contributed by atoms with van der Waals surface area (Å²) in [7, 11) is 0. The predicted octanol–water partition coefficient (Wildman–Crippen LogP) is 5.61. The zero-order chi connectivity index (χ0) is 23.4. The van der Waals surface area contributed by atoms with Crippen molar-refractivity contribution in [2.45, 2.75) is 50.5 Å². The molecule has 0 atom stereocenters. The van der Waals surface area contributed by atoms with Crippen LogP contribution in [0.1, 0.15) is 45.1 Å². The maximum absolute atomic E-state index is 12.8. The first-order chi connectivity index (χ1) is 15.8. The molecule has 6 nitrogen and oxygen atoms in total. The average molecular weight is 465 g/mol. The number of likely N-dealkylation sites (tertiary alicyclic amines) is 1. The van der Waals surface area contributed by atoms with Crippen LogP contribution >= 0.6 is 11.8 Å². The van der Waals surface area contributed by atoms with E-state index in [2.05, 4.69) is 65.4 Å². The van der Waals surface area contributed by atoms with Crippen LogP contribution < -0.4 is 5.32 Å². The Balaban J connectivity index is 1.30. The lowest BCUT2D eigenvalue weighted by atomic mass is 9.87. The molecule has 0 radical (unpaired) electrons. The largest absolute Gasteiger partial charge is 0.338 e. The molecule has 1 N–H and O–H groups in total. The fourth-order valence-corrected chi connectivity index (χ4v) is 4.64. The molecular weight excluding hydrogens is 432 g/mol. The van der Waals surface area contributed by atoms with E-state index in [1.165, 1.54) is 5.56 Å². The zero-order valence-electron chi connectivity index (χ0n) is 19.8. The van der Waals surface area contributed by atoms with Crippen molar-refractivity contribution < 1.29 is 9.32 Å². The lowest BCUT2D eigenvalue weighted by Crippen LogP contribution is -2.37. The third-order valence-corrected chi connectivity index (χ3v) is 6.96. The van der Waals surface area contributed by atoms with Gasteiger partial charge in [0, 0.05) is 16.4 Å². The van der Waals surface area contributed by atoms with Crippen molar-refractivity contribution in [1.82, 2.24) is 15.0 Å². The Morgan fingerprint density at radius 3 is 2.48 bits per heavy atom. The second kappa shape index (κ2) is 10.1. The van der Waals surface area contributed by atoms with Crippen LogP contribution in [0.5, 0.6) is 0 Å². The monoisotopic (exact) mass is 464 g/mol. The summed E-state index contributed by atoms with van der Waals surface area (Å²) in [5, 5.41) is 7.28. The van der Waals surface area contributed by atoms with E-state index in [1.54, 1.807) is 11.8 Å². The normalized spacial score (nSPS) is 15.5. The highest BCUT2D eigenvalue weighted by molar-refractivity contribution is 7.98. The van der Waals surface area contributed by atoms with Gasteiger partial charge in [-0.05, 0) is 55.3 Å². The van der Waals surface area contributed by atoms with Gasteiger partial charge in [-0.3, -0.25) is 9.69 Å². The minimum atomic E-state index is 0.0238. The topological polar surface area (TPSA) is 71.3 Å². The van der Waals surface area contributed by atoms with Gasteiger partial charge in [0.2, 0.25) is 17.6 Å². The molecule has 1 aromatic heterocycles. The van der Waals surface area contributed by atoms with Gasteiger partial charge in [-0.1, -0.05) is 62.3 Å². The van der Waals surface area contributed by atoms with Crippen molar-refractivity contribution in [1.29, 1.82) is 0 Å². The van der Waals surface area contributed by atoms with Crippen molar-refractivity contribution >= 4 is 23.4 Å². The van der Waals surface area contributed by atoms with Gasteiger partial charge in [0.05, 0.1) is 12.2 Å². The van der Waals surface area contributed by atoms with Crippen LogP contribution in [0.4, 0.5) is 5.69 Å². The summed E-state index contributed by atoms with van der Waals surface area (Å²) in [6, 6.07) is 16.3. The SMILES string of the molecule is CSc1ccccc1NC(=O)C1CCN(Cc2nc(-c3ccc(C(C)(C)C)cc3)no2)CC1. The number of aromatic nitrogens is 2. The van der Waals surface area contributed by atoms with Crippen LogP contribution in [0, 0.1) is 5.92 Å². The number of hydrogen-bond acceptors (Lipinski definition) is 6. The van der Waals surface area contributed by atoms with E-state index in [9.17, 15) is 4.79 Å². The molecule has 1 aliphatic heterocycles. The van der Waals surface area contributed by atoms with E-state index in [1.807, 2.05) is 30.5 Å². The Morgan fingerprint density at radius 1 is 1.12 bits per heavy atom. The Labute approximate surface area is 200 Å². The van der Waals surface area contributed by atoms with Gasteiger partial charge in [0.1, 0.15) is 0 Å². The summed E-state index contributed by atoms with van der Waals surface area (Å²) < 4.78 is 5.51. The lowest BCUT2D eigenvalue weighted by molar-refractivity contribution is -0.121. The molecule has 1 fully saturated rings. The molecule has 0 bridgehead atoms. The van der Waals surface area contributed by atoms with Gasteiger partial charge in [-0.2, -0.15) is 4.98 Å². The molecule has 4 rings (SSSR count). The Bertz CT molecular complexity index is 1080. The van der Waals surface area contributed by atoms with E-state index >= 15 is 0 Å². The van der Waals surface area contributed by atoms with Crippen LogP contribution in [0.2, 0.25) is 0 Å². The average Bonchev–Trinajstić information content (AvgIpc) is 3.28. The van der Waals surface area contributed by atoms with Crippen LogP contribution in [0.15, 0.2) is 57.9 Å². The fourth-order valence-electron chi connectivity index (χ4n) is 4.08. The molecule has 33 heavy (non-hydrogen) atoms. The molecule has 0 unspecified atom stereocenters. The van der Waals surface area contributed by atoms with Crippen LogP contribution in [-0.2, 0) is 16.8 Å². The summed E-state index contributed by atoms with van der Waals surface area (Å²) in [5.41, 5.74) is 3.24. The van der Waals surface area contributed by atoms with Crippen LogP contribution in [-0.4, -0.2) is 40.3 Å². The number of thioether (sulfide) groups is 1. The van der Waals surface area contributed by atoms with E-state index in [0.29, 0.717) is 18.3 Å². The van der Waals surface area contributed by atoms with Gasteiger partial charge in [-0.15, -0.1) is 11.8 Å². The molecular formula is C26H32N4O2S. The zero-order valence-corrected chi connectivity index (χ0v) is 20.6. The van der Waals surface area contributed by atoms with Gasteiger partial charge in [0.15, 0.2) is 0 Å². The number of benzene rings is 2. The molecule has 2 aromatic carbocycles. The first-order valence-corrected chi connectivity index (χ1v) is 12.7. The number of nitrogens with one attached hydrogen (secondary N) is 1. The smallest absolute Gasteiger partial charge is 0.241 e. The van der Waals surface area contributed by atoms with Gasteiger partial charge >= 0.3 is 0 Å². The molecule has 174 valence electrons. The number of hydrogen-bond donors (Lipinski definition) is 1. The summed E-state index contributed by atoms with van der Waals surface area (Å²) in [4.78, 5) is 20.7. The summed E-state index contributed by atoms with van der Waals surface area (Å²) >= 11 is 1.64. The lowest BCUT2D eigenvalue weighted by Gasteiger charge is -2.30. The summed E-state index contributed by atoms with van der Waals surface area (Å²) in [5.74, 6) is 1.36. The number of nitrogens with zero attached hydrogens (tertiary/aromatic N) is 3. The Kier molecular flexibility index (Phi) is 7.20. The van der Waals surface area contributed by atoms with Crippen molar-refractivity contribution in [2.75, 3.05) is 24.7 Å². The molecule has 2 heterocycles. The molecule has 7 heteroatoms. The highest BCUT2D eigenvalue weighted by atomic mass is 32.2. The number of carbonyl (C=O) groups is 1. The number of amides is 1. The molecule has 1 aliphatic rings. The van der Waals surface area contributed by atoms with E-state index in [4.69, 9.17) is 4.52 Å². The second-order valence-corrected chi connectivity index (χ2v) is 10.4. The van der Waals surface area contributed by atoms with Crippen molar-refractivity contribution in [2.24, 2.45) is 5.92 Å². The molecule has 0 aliphatic carbocycles. The molecule has 0 saturated carbocycles. The summed E-state index contributed by atoms with van der Waals surface area (Å²) in [6.45, 7) is 8.87. The van der Waals surface area contributed by atoms with Gasteiger partial charge in [-0.25, -0.2) is 0 Å². The number of rotatable bonds is 6. The first-order valence-electron chi connectivity index (χ1n) is 11.4. The highest BCUT2D eigenvalue weighted by Crippen LogP contribution is 2.28. The minimum absolute atomic E-state index is 0.0238. The third-order valence-electron chi connectivity index (χ3n) is 6.16. The minimum Gasteiger partial charge on any atom is -0.338 e. The number of piperidine rings is 1. The molecule has 3 aromatic rings. The van der Waals surface area contributed by atoms with Crippen molar-refractivity contribution in [3.8, 4) is 11.4 Å². The van der Waals surface area contributed by atoms with E-state index in [0.717, 1.165) is 42.1 Å². The van der Waals surface area contributed by atoms with Crippen LogP contribution in [0.25, 0.3) is 11.4 Å². The number of para-hydroxylation sites is 1. The number of carbonyl (C=O) groups excluding carboxylic acids is 1. The quantitative estimate of drug-likeness (QED) is 0.478. The predicted molar refractivity (Wildman–Crippen MR) is 133 cm³/mol. The molecule has 1 saturated heterocycles. The maximum Gasteiger partial charge on any atom is 0.241 e. The number of anilines is 1. The Hall–Kier alpha value is -2.64. The van der Waals surface area contributed by atoms with Crippen LogP contribution in [0.3, 0.4) is 0 Å². The van der Waals surface area contributed by atoms with Gasteiger partial charge < -0.3 is 9.84 Å². The first kappa shape index (κ1) is 23.5. The van der Waals surface area contributed by atoms with Gasteiger partial charge in [0.25, 0.3) is 0 Å². The fraction of sp³-hybridized carbons (Fsp3) is 0.423. The maximum atomic E-state index is 12.8. The van der Waals surface area contributed by atoms with E-state index < -0.39 is 0 Å². The van der Waals surface area contributed by atoms with E-state index in [-0.39, 0.29) is 17.2 Å². The standard InChI is InChI=1S/C26H32N4O2S/c1-26(2,3)20-11-9-18(10-12-20)24-28-23(32-29-24)17-30-15-13-19(14-16-30)25(31)27-21-7-5-6-8-22(21)33-4/h5-12,19H,13-17H2,1-4H3,(H,27,31).